The van der Waals surface area contributed by atoms with Crippen LogP contribution >= 0.6 is 0 Å². The van der Waals surface area contributed by atoms with Gasteiger partial charge in [0.05, 0.1) is 18.3 Å². The number of H-pyrrole nitrogens is 1. The number of aryl methyl sites for hydroxylation is 1. The average Bonchev–Trinajstić information content (AvgIpc) is 3.56. The molecule has 4 rings (SSSR count). The Morgan fingerprint density at radius 2 is 1.90 bits per heavy atom. The zero-order chi connectivity index (χ0) is 29.4. The summed E-state index contributed by atoms with van der Waals surface area (Å²) >= 11 is 0. The lowest BCUT2D eigenvalue weighted by Crippen LogP contribution is -2.44. The number of nitrogens with zero attached hydrogens (tertiary/aromatic N) is 5. The summed E-state index contributed by atoms with van der Waals surface area (Å²) in [5.41, 5.74) is 1.97. The van der Waals surface area contributed by atoms with Gasteiger partial charge < -0.3 is 20.1 Å². The lowest BCUT2D eigenvalue weighted by atomic mass is 9.95. The van der Waals surface area contributed by atoms with E-state index in [1.807, 2.05) is 37.5 Å². The fraction of sp³-hybridized carbons (Fsp3) is 0.621. The van der Waals surface area contributed by atoms with Crippen LogP contribution in [0.3, 0.4) is 0 Å². The molecule has 1 aliphatic carbocycles. The smallest absolute Gasteiger partial charge is 0.317 e. The normalized spacial score (nSPS) is 15.4. The van der Waals surface area contributed by atoms with Crippen molar-refractivity contribution in [1.82, 2.24) is 39.6 Å². The number of rotatable bonds is 14. The standard InChI is InChI=1S/C29H46N8O3S/c1-5-37(6-2)17-12-18-41(39,40)34-26(19-22-20-30-25-16-11-10-15-24(22)25)28-32-27(36(4)33-28)21-31-29(38)35(3)23-13-8-7-9-14-23/h10-11,15-16,20,23,26,30,34H,5-9,12-14,17-19,21H2,1-4H3,(H,31,38)/t26-/m1/s1. The summed E-state index contributed by atoms with van der Waals surface area (Å²) in [5, 5.41) is 8.61. The average molecular weight is 587 g/mol. The van der Waals surface area contributed by atoms with Crippen molar-refractivity contribution in [3.8, 4) is 0 Å². The van der Waals surface area contributed by atoms with Gasteiger partial charge in [0.25, 0.3) is 0 Å². The van der Waals surface area contributed by atoms with Crippen molar-refractivity contribution in [2.24, 2.45) is 7.05 Å². The SMILES string of the molecule is CCN(CC)CCCS(=O)(=O)N[C@H](Cc1c[nH]c2ccccc12)c1nc(CNC(=O)N(C)C2CCCCC2)n(C)n1. The number of urea groups is 1. The van der Waals surface area contributed by atoms with Gasteiger partial charge in [-0.2, -0.15) is 5.10 Å². The highest BCUT2D eigenvalue weighted by molar-refractivity contribution is 7.89. The van der Waals surface area contributed by atoms with E-state index in [1.165, 1.54) is 6.42 Å². The molecule has 1 aromatic carbocycles. The molecule has 1 aliphatic rings. The van der Waals surface area contributed by atoms with Crippen LogP contribution in [-0.4, -0.2) is 82.5 Å². The summed E-state index contributed by atoms with van der Waals surface area (Å²) in [6, 6.07) is 7.41. The first kappa shape index (κ1) is 31.0. The Labute approximate surface area is 244 Å². The van der Waals surface area contributed by atoms with Crippen LogP contribution in [0.4, 0.5) is 4.79 Å². The molecule has 0 saturated heterocycles. The van der Waals surface area contributed by atoms with Gasteiger partial charge in [-0.3, -0.25) is 4.68 Å². The molecule has 0 bridgehead atoms. The van der Waals surface area contributed by atoms with E-state index in [9.17, 15) is 13.2 Å². The maximum Gasteiger partial charge on any atom is 0.317 e. The van der Waals surface area contributed by atoms with Crippen molar-refractivity contribution in [1.29, 1.82) is 0 Å². The Morgan fingerprint density at radius 3 is 2.63 bits per heavy atom. The van der Waals surface area contributed by atoms with Crippen molar-refractivity contribution in [3.05, 3.63) is 47.7 Å². The number of sulfonamides is 1. The molecule has 2 amide bonds. The third-order valence-corrected chi connectivity index (χ3v) is 9.69. The number of amides is 2. The molecular weight excluding hydrogens is 540 g/mol. The highest BCUT2D eigenvalue weighted by atomic mass is 32.2. The second-order valence-corrected chi connectivity index (χ2v) is 12.9. The number of carbonyl (C=O) groups is 1. The first-order valence-corrected chi connectivity index (χ1v) is 16.5. The molecule has 11 nitrogen and oxygen atoms in total. The summed E-state index contributed by atoms with van der Waals surface area (Å²) in [5.74, 6) is 0.974. The van der Waals surface area contributed by atoms with Gasteiger partial charge in [0.15, 0.2) is 5.82 Å². The molecule has 12 heteroatoms. The number of aromatic amines is 1. The van der Waals surface area contributed by atoms with E-state index in [4.69, 9.17) is 4.98 Å². The predicted octanol–water partition coefficient (Wildman–Crippen LogP) is 3.71. The van der Waals surface area contributed by atoms with E-state index in [-0.39, 0.29) is 24.4 Å². The zero-order valence-corrected chi connectivity index (χ0v) is 25.7. The van der Waals surface area contributed by atoms with Crippen molar-refractivity contribution in [3.63, 3.8) is 0 Å². The van der Waals surface area contributed by atoms with Gasteiger partial charge in [-0.1, -0.05) is 51.3 Å². The summed E-state index contributed by atoms with van der Waals surface area (Å²) in [6.45, 7) is 6.86. The highest BCUT2D eigenvalue weighted by Crippen LogP contribution is 2.25. The molecule has 41 heavy (non-hydrogen) atoms. The minimum Gasteiger partial charge on any atom is -0.361 e. The van der Waals surface area contributed by atoms with Crippen LogP contribution in [0.15, 0.2) is 30.5 Å². The third-order valence-electron chi connectivity index (χ3n) is 8.22. The van der Waals surface area contributed by atoms with E-state index < -0.39 is 16.1 Å². The summed E-state index contributed by atoms with van der Waals surface area (Å²) in [4.78, 5) is 24.8. The molecule has 1 saturated carbocycles. The minimum atomic E-state index is -3.60. The Kier molecular flexibility index (Phi) is 10.8. The van der Waals surface area contributed by atoms with Crippen molar-refractivity contribution in [2.45, 2.75) is 77.4 Å². The van der Waals surface area contributed by atoms with E-state index >= 15 is 0 Å². The van der Waals surface area contributed by atoms with Gasteiger partial charge in [-0.05, 0) is 56.9 Å². The van der Waals surface area contributed by atoms with Crippen LogP contribution in [0.2, 0.25) is 0 Å². The monoisotopic (exact) mass is 586 g/mol. The van der Waals surface area contributed by atoms with E-state index in [0.29, 0.717) is 24.5 Å². The molecule has 0 unspecified atom stereocenters. The second kappa shape index (κ2) is 14.3. The van der Waals surface area contributed by atoms with Gasteiger partial charge in [-0.25, -0.2) is 22.9 Å². The van der Waals surface area contributed by atoms with Crippen LogP contribution in [-0.2, 0) is 30.0 Å². The Bertz CT molecular complexity index is 1380. The molecule has 3 N–H and O–H groups in total. The van der Waals surface area contributed by atoms with Crippen molar-refractivity contribution < 1.29 is 13.2 Å². The molecule has 3 aromatic rings. The van der Waals surface area contributed by atoms with Gasteiger partial charge in [-0.15, -0.1) is 0 Å². The number of nitrogens with one attached hydrogen (secondary N) is 3. The number of fused-ring (bicyclic) bond motifs is 1. The van der Waals surface area contributed by atoms with Crippen LogP contribution in [0.5, 0.6) is 0 Å². The number of benzene rings is 1. The Balaban J connectivity index is 1.49. The van der Waals surface area contributed by atoms with Crippen LogP contribution in [0.1, 0.15) is 75.6 Å². The molecule has 0 aliphatic heterocycles. The fourth-order valence-corrected chi connectivity index (χ4v) is 6.90. The summed E-state index contributed by atoms with van der Waals surface area (Å²) in [7, 11) is 0.0119. The molecule has 2 aromatic heterocycles. The highest BCUT2D eigenvalue weighted by Gasteiger charge is 2.26. The topological polar surface area (TPSA) is 128 Å². The summed E-state index contributed by atoms with van der Waals surface area (Å²) in [6.07, 6.45) is 8.43. The third kappa shape index (κ3) is 8.30. The van der Waals surface area contributed by atoms with Crippen LogP contribution in [0.25, 0.3) is 10.9 Å². The van der Waals surface area contributed by atoms with Gasteiger partial charge in [0.2, 0.25) is 10.0 Å². The predicted molar refractivity (Wildman–Crippen MR) is 162 cm³/mol. The fourth-order valence-electron chi connectivity index (χ4n) is 5.65. The molecule has 226 valence electrons. The van der Waals surface area contributed by atoms with Crippen molar-refractivity contribution >= 4 is 27.0 Å². The Hall–Kier alpha value is -2.96. The van der Waals surface area contributed by atoms with E-state index in [0.717, 1.165) is 61.8 Å². The molecule has 0 spiro atoms. The van der Waals surface area contributed by atoms with Gasteiger partial charge in [0.1, 0.15) is 5.82 Å². The lowest BCUT2D eigenvalue weighted by molar-refractivity contribution is 0.173. The molecule has 1 atom stereocenters. The van der Waals surface area contributed by atoms with Crippen LogP contribution < -0.4 is 10.0 Å². The number of aromatic nitrogens is 4. The molecule has 0 radical (unpaired) electrons. The maximum atomic E-state index is 13.2. The van der Waals surface area contributed by atoms with Gasteiger partial charge in [0, 0.05) is 37.2 Å². The quantitative estimate of drug-likeness (QED) is 0.264. The molecule has 1 fully saturated rings. The maximum absolute atomic E-state index is 13.2. The van der Waals surface area contributed by atoms with E-state index in [2.05, 4.69) is 38.9 Å². The van der Waals surface area contributed by atoms with Crippen molar-refractivity contribution in [2.75, 3.05) is 32.4 Å². The molecular formula is C29H46N8O3S. The zero-order valence-electron chi connectivity index (χ0n) is 24.9. The minimum absolute atomic E-state index is 0.0249. The van der Waals surface area contributed by atoms with Crippen LogP contribution in [0, 0.1) is 0 Å². The number of hydrogen-bond acceptors (Lipinski definition) is 6. The largest absolute Gasteiger partial charge is 0.361 e. The Morgan fingerprint density at radius 1 is 1.17 bits per heavy atom. The summed E-state index contributed by atoms with van der Waals surface area (Å²) < 4.78 is 31.0. The van der Waals surface area contributed by atoms with E-state index in [1.54, 1.807) is 16.6 Å². The second-order valence-electron chi connectivity index (χ2n) is 11.0. The first-order valence-electron chi connectivity index (χ1n) is 14.9. The van der Waals surface area contributed by atoms with Gasteiger partial charge >= 0.3 is 6.03 Å². The number of para-hydroxylation sites is 1. The molecule has 2 heterocycles. The first-order chi connectivity index (χ1) is 19.7. The number of carbonyl (C=O) groups excluding carboxylic acids is 1. The number of hydrogen-bond donors (Lipinski definition) is 3. The lowest BCUT2D eigenvalue weighted by Gasteiger charge is -2.31.